The van der Waals surface area contributed by atoms with Crippen LogP contribution in [0.15, 0.2) is 54.7 Å². The lowest BCUT2D eigenvalue weighted by atomic mass is 10.1. The van der Waals surface area contributed by atoms with E-state index in [1.54, 1.807) is 31.2 Å². The summed E-state index contributed by atoms with van der Waals surface area (Å²) in [5.74, 6) is 0.531. The number of aromatic nitrogens is 1. The maximum atomic E-state index is 12.3. The zero-order valence-electron chi connectivity index (χ0n) is 16.8. The molecule has 0 aliphatic rings. The van der Waals surface area contributed by atoms with E-state index in [4.69, 9.17) is 9.47 Å². The van der Waals surface area contributed by atoms with Crippen molar-refractivity contribution in [2.45, 2.75) is 26.4 Å². The third-order valence-electron chi connectivity index (χ3n) is 4.47. The summed E-state index contributed by atoms with van der Waals surface area (Å²) in [6.07, 6.45) is 1.31. The van der Waals surface area contributed by atoms with Gasteiger partial charge >= 0.3 is 0 Å². The minimum atomic E-state index is -0.772. The number of nitrogens with one attached hydrogen (secondary N) is 2. The first-order chi connectivity index (χ1) is 14.0. The number of rotatable bonds is 7. The molecule has 7 heteroatoms. The van der Waals surface area contributed by atoms with Crippen LogP contribution in [0, 0.1) is 0 Å². The second-order valence-electron chi connectivity index (χ2n) is 6.66. The van der Waals surface area contributed by atoms with Crippen molar-refractivity contribution >= 4 is 22.7 Å². The Morgan fingerprint density at radius 3 is 2.45 bits per heavy atom. The van der Waals surface area contributed by atoms with Crippen molar-refractivity contribution in [2.75, 3.05) is 6.61 Å². The Kier molecular flexibility index (Phi) is 6.39. The molecular weight excluding hydrogens is 370 g/mol. The minimum absolute atomic E-state index is 0.162. The summed E-state index contributed by atoms with van der Waals surface area (Å²) in [5.41, 5.74) is 6.81. The Bertz CT molecular complexity index is 995. The molecule has 1 heterocycles. The van der Waals surface area contributed by atoms with Crippen LogP contribution in [0.25, 0.3) is 10.9 Å². The quantitative estimate of drug-likeness (QED) is 0.603. The normalized spacial score (nSPS) is 11.7. The van der Waals surface area contributed by atoms with Gasteiger partial charge in [0.15, 0.2) is 6.10 Å². The number of hydrazine groups is 1. The van der Waals surface area contributed by atoms with E-state index < -0.39 is 12.0 Å². The molecular formula is C22H25N3O4. The van der Waals surface area contributed by atoms with E-state index in [1.807, 2.05) is 49.0 Å². The van der Waals surface area contributed by atoms with Gasteiger partial charge in [-0.25, -0.2) is 0 Å². The SMILES string of the molecule is CCOc1ccc(OC(C)C(=O)NNC(=O)Cc2cn(C)c3ccccc23)cc1. The molecule has 3 aromatic rings. The van der Waals surface area contributed by atoms with E-state index >= 15 is 0 Å². The molecule has 152 valence electrons. The Morgan fingerprint density at radius 1 is 1.03 bits per heavy atom. The molecule has 2 N–H and O–H groups in total. The fourth-order valence-corrected chi connectivity index (χ4v) is 3.06. The van der Waals surface area contributed by atoms with Crippen molar-refractivity contribution in [2.24, 2.45) is 7.05 Å². The molecule has 29 heavy (non-hydrogen) atoms. The summed E-state index contributed by atoms with van der Waals surface area (Å²) in [6.45, 7) is 4.10. The number of aryl methyl sites for hydroxylation is 1. The Labute approximate surface area is 169 Å². The third-order valence-corrected chi connectivity index (χ3v) is 4.47. The van der Waals surface area contributed by atoms with Gasteiger partial charge in [-0.3, -0.25) is 20.4 Å². The third kappa shape index (κ3) is 5.07. The van der Waals surface area contributed by atoms with Gasteiger partial charge in [-0.1, -0.05) is 18.2 Å². The number of hydrogen-bond donors (Lipinski definition) is 2. The van der Waals surface area contributed by atoms with Crippen molar-refractivity contribution in [3.63, 3.8) is 0 Å². The van der Waals surface area contributed by atoms with E-state index in [1.165, 1.54) is 0 Å². The lowest BCUT2D eigenvalue weighted by molar-refractivity contribution is -0.132. The van der Waals surface area contributed by atoms with Gasteiger partial charge in [0.05, 0.1) is 13.0 Å². The van der Waals surface area contributed by atoms with Crippen molar-refractivity contribution in [1.82, 2.24) is 15.4 Å². The number of hydrogen-bond acceptors (Lipinski definition) is 4. The summed E-state index contributed by atoms with van der Waals surface area (Å²) in [4.78, 5) is 24.5. The van der Waals surface area contributed by atoms with E-state index in [9.17, 15) is 9.59 Å². The largest absolute Gasteiger partial charge is 0.494 e. The molecule has 0 spiro atoms. The second kappa shape index (κ2) is 9.14. The van der Waals surface area contributed by atoms with E-state index in [0.717, 1.165) is 22.2 Å². The number of carbonyl (C=O) groups excluding carboxylic acids is 2. The highest BCUT2D eigenvalue weighted by Gasteiger charge is 2.16. The summed E-state index contributed by atoms with van der Waals surface area (Å²) < 4.78 is 12.9. The lowest BCUT2D eigenvalue weighted by Gasteiger charge is -2.15. The average molecular weight is 395 g/mol. The lowest BCUT2D eigenvalue weighted by Crippen LogP contribution is -2.47. The van der Waals surface area contributed by atoms with Gasteiger partial charge in [-0.2, -0.15) is 0 Å². The molecule has 1 atom stereocenters. The fraction of sp³-hybridized carbons (Fsp3) is 0.273. The van der Waals surface area contributed by atoms with Gasteiger partial charge in [0.1, 0.15) is 11.5 Å². The smallest absolute Gasteiger partial charge is 0.279 e. The first-order valence-electron chi connectivity index (χ1n) is 9.49. The molecule has 7 nitrogen and oxygen atoms in total. The topological polar surface area (TPSA) is 81.6 Å². The van der Waals surface area contributed by atoms with Gasteiger partial charge < -0.3 is 14.0 Å². The first kappa shape index (κ1) is 20.3. The number of ether oxygens (including phenoxy) is 2. The van der Waals surface area contributed by atoms with Crippen molar-refractivity contribution < 1.29 is 19.1 Å². The average Bonchev–Trinajstić information content (AvgIpc) is 3.03. The zero-order chi connectivity index (χ0) is 20.8. The number of amides is 2. The van der Waals surface area contributed by atoms with Crippen LogP contribution >= 0.6 is 0 Å². The predicted molar refractivity (Wildman–Crippen MR) is 111 cm³/mol. The number of fused-ring (bicyclic) bond motifs is 1. The molecule has 2 amide bonds. The number of para-hydroxylation sites is 1. The van der Waals surface area contributed by atoms with Gasteiger partial charge in [-0.15, -0.1) is 0 Å². The number of carbonyl (C=O) groups is 2. The van der Waals surface area contributed by atoms with Crippen molar-refractivity contribution in [3.05, 3.63) is 60.3 Å². The van der Waals surface area contributed by atoms with Crippen LogP contribution in [-0.4, -0.2) is 29.1 Å². The highest BCUT2D eigenvalue weighted by atomic mass is 16.5. The number of nitrogens with zero attached hydrogens (tertiary/aromatic N) is 1. The molecule has 2 aromatic carbocycles. The van der Waals surface area contributed by atoms with E-state index in [-0.39, 0.29) is 12.3 Å². The van der Waals surface area contributed by atoms with Crippen LogP contribution < -0.4 is 20.3 Å². The van der Waals surface area contributed by atoms with Crippen LogP contribution in [0.4, 0.5) is 0 Å². The van der Waals surface area contributed by atoms with Gasteiger partial charge in [0, 0.05) is 24.1 Å². The monoisotopic (exact) mass is 395 g/mol. The van der Waals surface area contributed by atoms with Crippen LogP contribution in [-0.2, 0) is 23.1 Å². The van der Waals surface area contributed by atoms with Crippen LogP contribution in [0.1, 0.15) is 19.4 Å². The maximum Gasteiger partial charge on any atom is 0.279 e. The maximum absolute atomic E-state index is 12.3. The number of benzene rings is 2. The molecule has 0 saturated carbocycles. The molecule has 3 rings (SSSR count). The molecule has 1 aromatic heterocycles. The highest BCUT2D eigenvalue weighted by molar-refractivity contribution is 5.90. The summed E-state index contributed by atoms with van der Waals surface area (Å²) in [6, 6.07) is 14.9. The van der Waals surface area contributed by atoms with Gasteiger partial charge in [0.2, 0.25) is 5.91 Å². The standard InChI is InChI=1S/C22H25N3O4/c1-4-28-17-9-11-18(12-10-17)29-15(2)22(27)24-23-21(26)13-16-14-25(3)20-8-6-5-7-19(16)20/h5-12,14-15H,4,13H2,1-3H3,(H,23,26)(H,24,27). The molecule has 0 fully saturated rings. The van der Waals surface area contributed by atoms with E-state index in [2.05, 4.69) is 10.9 Å². The Morgan fingerprint density at radius 2 is 1.72 bits per heavy atom. The summed E-state index contributed by atoms with van der Waals surface area (Å²) in [5, 5.41) is 1.02. The molecule has 0 saturated heterocycles. The Balaban J connectivity index is 1.50. The predicted octanol–water partition coefficient (Wildman–Crippen LogP) is 2.73. The van der Waals surface area contributed by atoms with Gasteiger partial charge in [0.25, 0.3) is 5.91 Å². The Hall–Kier alpha value is -3.48. The van der Waals surface area contributed by atoms with Crippen LogP contribution in [0.3, 0.4) is 0 Å². The van der Waals surface area contributed by atoms with Crippen LogP contribution in [0.5, 0.6) is 11.5 Å². The fourth-order valence-electron chi connectivity index (χ4n) is 3.06. The molecule has 0 bridgehead atoms. The second-order valence-corrected chi connectivity index (χ2v) is 6.66. The van der Waals surface area contributed by atoms with Crippen LogP contribution in [0.2, 0.25) is 0 Å². The molecule has 0 aliphatic heterocycles. The van der Waals surface area contributed by atoms with Crippen molar-refractivity contribution in [3.8, 4) is 11.5 Å². The molecule has 1 unspecified atom stereocenters. The van der Waals surface area contributed by atoms with Crippen molar-refractivity contribution in [1.29, 1.82) is 0 Å². The molecule has 0 aliphatic carbocycles. The summed E-state index contributed by atoms with van der Waals surface area (Å²) >= 11 is 0. The zero-order valence-corrected chi connectivity index (χ0v) is 16.8. The molecule has 0 radical (unpaired) electrons. The summed E-state index contributed by atoms with van der Waals surface area (Å²) in [7, 11) is 1.94. The minimum Gasteiger partial charge on any atom is -0.494 e. The van der Waals surface area contributed by atoms with Gasteiger partial charge in [-0.05, 0) is 49.7 Å². The van der Waals surface area contributed by atoms with E-state index in [0.29, 0.717) is 12.4 Å². The first-order valence-corrected chi connectivity index (χ1v) is 9.49. The highest BCUT2D eigenvalue weighted by Crippen LogP contribution is 2.21.